The third-order valence-electron chi connectivity index (χ3n) is 1.08. The molecule has 0 aromatic rings. The Morgan fingerprint density at radius 1 is 1.00 bits per heavy atom. The van der Waals surface area contributed by atoms with E-state index >= 15 is 0 Å². The first-order valence-corrected chi connectivity index (χ1v) is 3.94. The number of ketones is 1. The van der Waals surface area contributed by atoms with Crippen molar-refractivity contribution >= 4 is 23.7 Å². The average Bonchev–Trinajstić information content (AvgIpc) is 2.11. The minimum absolute atomic E-state index is 0.359. The van der Waals surface area contributed by atoms with Gasteiger partial charge in [0.25, 0.3) is 0 Å². The van der Waals surface area contributed by atoms with Gasteiger partial charge in [-0.3, -0.25) is 14.4 Å². The molecule has 15 heavy (non-hydrogen) atoms. The molecule has 1 N–H and O–H groups in total. The summed E-state index contributed by atoms with van der Waals surface area (Å²) in [5.74, 6) is -3.62. The number of carbonyl (C=O) groups is 4. The van der Waals surface area contributed by atoms with Crippen LogP contribution >= 0.6 is 0 Å². The van der Waals surface area contributed by atoms with E-state index in [-0.39, 0.29) is 5.78 Å². The zero-order chi connectivity index (χ0) is 11.8. The first-order valence-electron chi connectivity index (χ1n) is 3.94. The zero-order valence-electron chi connectivity index (χ0n) is 8.02. The second-order valence-electron chi connectivity index (χ2n) is 2.59. The highest BCUT2D eigenvalue weighted by molar-refractivity contribution is 5.92. The van der Waals surface area contributed by atoms with Crippen molar-refractivity contribution in [3.8, 4) is 0 Å². The molecule has 0 fully saturated rings. The molecule has 7 heteroatoms. The molecule has 0 atom stereocenters. The molecular formula is C8H10O7. The van der Waals surface area contributed by atoms with Crippen molar-refractivity contribution in [2.45, 2.75) is 13.3 Å². The number of hydrogen-bond acceptors (Lipinski definition) is 6. The third-order valence-corrected chi connectivity index (χ3v) is 1.08. The van der Waals surface area contributed by atoms with Crippen molar-refractivity contribution in [2.75, 3.05) is 13.2 Å². The number of aliphatic carboxylic acids is 1. The van der Waals surface area contributed by atoms with Gasteiger partial charge < -0.3 is 14.6 Å². The van der Waals surface area contributed by atoms with Gasteiger partial charge in [0.15, 0.2) is 12.4 Å². The van der Waals surface area contributed by atoms with Crippen molar-refractivity contribution in [2.24, 2.45) is 0 Å². The lowest BCUT2D eigenvalue weighted by molar-refractivity contribution is -0.161. The molecule has 0 rings (SSSR count). The summed E-state index contributed by atoms with van der Waals surface area (Å²) in [6.45, 7) is -0.000104. The molecule has 0 aromatic carbocycles. The fourth-order valence-electron chi connectivity index (χ4n) is 0.544. The SMILES string of the molecule is CC(=O)COC(=O)CC(=O)OCC(=O)O. The van der Waals surface area contributed by atoms with E-state index < -0.39 is 37.5 Å². The summed E-state index contributed by atoms with van der Waals surface area (Å²) in [7, 11) is 0. The lowest BCUT2D eigenvalue weighted by Crippen LogP contribution is -2.19. The fourth-order valence-corrected chi connectivity index (χ4v) is 0.544. The van der Waals surface area contributed by atoms with Crippen LogP contribution in [0.3, 0.4) is 0 Å². The van der Waals surface area contributed by atoms with Crippen LogP contribution in [-0.2, 0) is 28.7 Å². The van der Waals surface area contributed by atoms with Crippen LogP contribution in [0, 0.1) is 0 Å². The molecule has 84 valence electrons. The summed E-state index contributed by atoms with van der Waals surface area (Å²) in [5, 5.41) is 8.13. The second-order valence-corrected chi connectivity index (χ2v) is 2.59. The Morgan fingerprint density at radius 3 is 1.87 bits per heavy atom. The molecular weight excluding hydrogens is 208 g/mol. The molecule has 0 unspecified atom stereocenters. The number of carboxylic acid groups (broad SMARTS) is 1. The number of esters is 2. The summed E-state index contributed by atoms with van der Waals surface area (Å²) in [4.78, 5) is 41.9. The number of carboxylic acids is 1. The minimum atomic E-state index is -1.32. The smallest absolute Gasteiger partial charge is 0.341 e. The van der Waals surface area contributed by atoms with Crippen LogP contribution in [0.2, 0.25) is 0 Å². The van der Waals surface area contributed by atoms with Gasteiger partial charge in [-0.15, -0.1) is 0 Å². The van der Waals surface area contributed by atoms with Gasteiger partial charge in [0.2, 0.25) is 0 Å². The number of hydrogen-bond donors (Lipinski definition) is 1. The van der Waals surface area contributed by atoms with E-state index in [1.165, 1.54) is 6.92 Å². The van der Waals surface area contributed by atoms with Crippen molar-refractivity contribution in [1.29, 1.82) is 0 Å². The van der Waals surface area contributed by atoms with Gasteiger partial charge in [0.1, 0.15) is 13.0 Å². The Balaban J connectivity index is 3.71. The predicted octanol–water partition coefficient (Wildman–Crippen LogP) is -0.863. The normalized spacial score (nSPS) is 9.13. The summed E-state index contributed by atoms with van der Waals surface area (Å²) >= 11 is 0. The Kier molecular flexibility index (Phi) is 5.69. The molecule has 0 heterocycles. The molecule has 0 saturated heterocycles. The first-order chi connectivity index (χ1) is 6.91. The van der Waals surface area contributed by atoms with Crippen LogP contribution in [0.5, 0.6) is 0 Å². The maximum atomic E-state index is 10.8. The number of Topliss-reactive ketones (excluding diaryl/α,β-unsaturated/α-hetero) is 1. The molecule has 0 radical (unpaired) electrons. The summed E-state index contributed by atoms with van der Waals surface area (Å²) in [6, 6.07) is 0. The van der Waals surface area contributed by atoms with Crippen LogP contribution in [-0.4, -0.2) is 42.0 Å². The van der Waals surface area contributed by atoms with Crippen molar-refractivity contribution in [3.63, 3.8) is 0 Å². The summed E-state index contributed by atoms with van der Waals surface area (Å²) in [6.07, 6.45) is -0.708. The Bertz CT molecular complexity index is 253. The van der Waals surface area contributed by atoms with Crippen LogP contribution in [0.1, 0.15) is 13.3 Å². The van der Waals surface area contributed by atoms with E-state index in [1.54, 1.807) is 0 Å². The van der Waals surface area contributed by atoms with Gasteiger partial charge in [0.05, 0.1) is 0 Å². The molecule has 0 aliphatic carbocycles. The molecule has 7 nitrogen and oxygen atoms in total. The molecule has 0 saturated carbocycles. The van der Waals surface area contributed by atoms with Crippen LogP contribution in [0.15, 0.2) is 0 Å². The van der Waals surface area contributed by atoms with Gasteiger partial charge in [-0.1, -0.05) is 0 Å². The topological polar surface area (TPSA) is 107 Å². The van der Waals surface area contributed by atoms with Gasteiger partial charge in [-0.05, 0) is 6.92 Å². The Morgan fingerprint density at radius 2 is 1.47 bits per heavy atom. The first kappa shape index (κ1) is 13.1. The third kappa shape index (κ3) is 8.41. The van der Waals surface area contributed by atoms with Gasteiger partial charge in [-0.25, -0.2) is 4.79 Å². The zero-order valence-corrected chi connectivity index (χ0v) is 8.02. The van der Waals surface area contributed by atoms with Gasteiger partial charge in [-0.2, -0.15) is 0 Å². The number of rotatable bonds is 6. The quantitative estimate of drug-likeness (QED) is 0.456. The molecule has 0 aliphatic heterocycles. The molecule has 0 amide bonds. The van der Waals surface area contributed by atoms with E-state index in [2.05, 4.69) is 9.47 Å². The van der Waals surface area contributed by atoms with Crippen molar-refractivity contribution < 1.29 is 33.8 Å². The highest BCUT2D eigenvalue weighted by Crippen LogP contribution is 1.91. The molecule has 0 bridgehead atoms. The standard InChI is InChI=1S/C8H10O7/c1-5(9)3-14-7(12)2-8(13)15-4-6(10)11/h2-4H2,1H3,(H,10,11). The van der Waals surface area contributed by atoms with E-state index in [1.807, 2.05) is 0 Å². The predicted molar refractivity (Wildman–Crippen MR) is 44.9 cm³/mol. The molecule has 0 aromatic heterocycles. The maximum absolute atomic E-state index is 10.8. The highest BCUT2D eigenvalue weighted by atomic mass is 16.6. The maximum Gasteiger partial charge on any atom is 0.341 e. The lowest BCUT2D eigenvalue weighted by atomic mass is 10.4. The second kappa shape index (κ2) is 6.52. The lowest BCUT2D eigenvalue weighted by Gasteiger charge is -2.02. The van der Waals surface area contributed by atoms with Crippen molar-refractivity contribution in [1.82, 2.24) is 0 Å². The Labute approximate surface area is 85.0 Å². The molecule has 0 aliphatic rings. The van der Waals surface area contributed by atoms with Crippen molar-refractivity contribution in [3.05, 3.63) is 0 Å². The van der Waals surface area contributed by atoms with Gasteiger partial charge >= 0.3 is 17.9 Å². The fraction of sp³-hybridized carbons (Fsp3) is 0.500. The number of carbonyl (C=O) groups excluding carboxylic acids is 3. The average molecular weight is 218 g/mol. The van der Waals surface area contributed by atoms with Crippen LogP contribution in [0.4, 0.5) is 0 Å². The van der Waals surface area contributed by atoms with Gasteiger partial charge in [0, 0.05) is 0 Å². The minimum Gasteiger partial charge on any atom is -0.479 e. The monoisotopic (exact) mass is 218 g/mol. The largest absolute Gasteiger partial charge is 0.479 e. The Hall–Kier alpha value is -1.92. The van der Waals surface area contributed by atoms with Crippen LogP contribution in [0.25, 0.3) is 0 Å². The molecule has 0 spiro atoms. The number of ether oxygens (including phenoxy) is 2. The van der Waals surface area contributed by atoms with E-state index in [9.17, 15) is 19.2 Å². The highest BCUT2D eigenvalue weighted by Gasteiger charge is 2.13. The summed E-state index contributed by atoms with van der Waals surface area (Å²) in [5.41, 5.74) is 0. The van der Waals surface area contributed by atoms with E-state index in [4.69, 9.17) is 5.11 Å². The summed E-state index contributed by atoms with van der Waals surface area (Å²) < 4.78 is 8.50. The van der Waals surface area contributed by atoms with E-state index in [0.29, 0.717) is 0 Å². The van der Waals surface area contributed by atoms with Crippen LogP contribution < -0.4 is 0 Å². The van der Waals surface area contributed by atoms with E-state index in [0.717, 1.165) is 0 Å².